The van der Waals surface area contributed by atoms with Gasteiger partial charge in [0.1, 0.15) is 12.4 Å². The molecule has 1 heteroatoms. The highest BCUT2D eigenvalue weighted by Gasteiger charge is 1.99. The summed E-state index contributed by atoms with van der Waals surface area (Å²) in [5, 5.41) is 0. The van der Waals surface area contributed by atoms with Crippen molar-refractivity contribution in [3.63, 3.8) is 0 Å². The first-order valence-corrected chi connectivity index (χ1v) is 6.55. The van der Waals surface area contributed by atoms with Crippen LogP contribution in [0.1, 0.15) is 23.6 Å². The SMILES string of the molecule is C=C(C)Cc1cccc(OCc2ccc(C)cc2)c1. The van der Waals surface area contributed by atoms with Crippen LogP contribution in [0, 0.1) is 6.92 Å². The van der Waals surface area contributed by atoms with E-state index >= 15 is 0 Å². The van der Waals surface area contributed by atoms with Gasteiger partial charge in [-0.25, -0.2) is 0 Å². The van der Waals surface area contributed by atoms with Crippen LogP contribution in [-0.4, -0.2) is 0 Å². The number of rotatable bonds is 5. The van der Waals surface area contributed by atoms with Crippen LogP contribution < -0.4 is 4.74 Å². The number of allylic oxidation sites excluding steroid dienone is 1. The van der Waals surface area contributed by atoms with Gasteiger partial charge in [0.25, 0.3) is 0 Å². The topological polar surface area (TPSA) is 9.23 Å². The molecule has 98 valence electrons. The van der Waals surface area contributed by atoms with E-state index in [1.807, 2.05) is 19.1 Å². The summed E-state index contributed by atoms with van der Waals surface area (Å²) >= 11 is 0. The molecular weight excluding hydrogens is 232 g/mol. The van der Waals surface area contributed by atoms with Crippen LogP contribution in [-0.2, 0) is 13.0 Å². The fourth-order valence-corrected chi connectivity index (χ4v) is 1.94. The van der Waals surface area contributed by atoms with Crippen LogP contribution in [0.4, 0.5) is 0 Å². The van der Waals surface area contributed by atoms with Gasteiger partial charge in [0, 0.05) is 0 Å². The highest BCUT2D eigenvalue weighted by atomic mass is 16.5. The summed E-state index contributed by atoms with van der Waals surface area (Å²) in [4.78, 5) is 0. The Labute approximate surface area is 115 Å². The van der Waals surface area contributed by atoms with E-state index < -0.39 is 0 Å². The average molecular weight is 252 g/mol. The molecule has 0 N–H and O–H groups in total. The van der Waals surface area contributed by atoms with E-state index in [1.54, 1.807) is 0 Å². The normalized spacial score (nSPS) is 10.2. The molecule has 0 amide bonds. The number of hydrogen-bond acceptors (Lipinski definition) is 1. The summed E-state index contributed by atoms with van der Waals surface area (Å²) in [6, 6.07) is 16.6. The summed E-state index contributed by atoms with van der Waals surface area (Å²) in [6.45, 7) is 8.68. The molecule has 0 saturated heterocycles. The van der Waals surface area contributed by atoms with E-state index in [-0.39, 0.29) is 0 Å². The zero-order chi connectivity index (χ0) is 13.7. The van der Waals surface area contributed by atoms with E-state index in [9.17, 15) is 0 Å². The number of ether oxygens (including phenoxy) is 1. The Bertz CT molecular complexity index is 552. The lowest BCUT2D eigenvalue weighted by Gasteiger charge is -2.08. The van der Waals surface area contributed by atoms with Gasteiger partial charge < -0.3 is 4.74 Å². The van der Waals surface area contributed by atoms with E-state index in [0.29, 0.717) is 6.61 Å². The lowest BCUT2D eigenvalue weighted by atomic mass is 10.1. The third-order valence-electron chi connectivity index (χ3n) is 2.93. The summed E-state index contributed by atoms with van der Waals surface area (Å²) < 4.78 is 5.82. The molecule has 2 aromatic carbocycles. The number of benzene rings is 2. The monoisotopic (exact) mass is 252 g/mol. The first-order chi connectivity index (χ1) is 9.13. The van der Waals surface area contributed by atoms with Crippen molar-refractivity contribution in [2.24, 2.45) is 0 Å². The average Bonchev–Trinajstić information content (AvgIpc) is 2.38. The largest absolute Gasteiger partial charge is 0.489 e. The van der Waals surface area contributed by atoms with E-state index in [1.165, 1.54) is 16.7 Å². The molecule has 0 saturated carbocycles. The molecule has 0 spiro atoms. The smallest absolute Gasteiger partial charge is 0.120 e. The Kier molecular flexibility index (Phi) is 4.40. The molecule has 1 nitrogen and oxygen atoms in total. The first kappa shape index (κ1) is 13.4. The zero-order valence-electron chi connectivity index (χ0n) is 11.6. The lowest BCUT2D eigenvalue weighted by molar-refractivity contribution is 0.306. The second-order valence-corrected chi connectivity index (χ2v) is 5.06. The third-order valence-corrected chi connectivity index (χ3v) is 2.93. The van der Waals surface area contributed by atoms with Crippen LogP contribution in [0.5, 0.6) is 5.75 Å². The Morgan fingerprint density at radius 2 is 1.79 bits per heavy atom. The van der Waals surface area contributed by atoms with Gasteiger partial charge in [-0.2, -0.15) is 0 Å². The second kappa shape index (κ2) is 6.24. The molecule has 2 rings (SSSR count). The maximum absolute atomic E-state index is 5.82. The molecule has 0 aliphatic rings. The molecule has 0 heterocycles. The van der Waals surface area contributed by atoms with Crippen LogP contribution in [0.25, 0.3) is 0 Å². The molecule has 19 heavy (non-hydrogen) atoms. The minimum absolute atomic E-state index is 0.608. The molecule has 0 atom stereocenters. The van der Waals surface area contributed by atoms with Crippen molar-refractivity contribution >= 4 is 0 Å². The van der Waals surface area contributed by atoms with Crippen molar-refractivity contribution in [2.45, 2.75) is 26.9 Å². The molecule has 0 bridgehead atoms. The minimum atomic E-state index is 0.608. The lowest BCUT2D eigenvalue weighted by Crippen LogP contribution is -1.96. The van der Waals surface area contributed by atoms with Gasteiger partial charge in [0.15, 0.2) is 0 Å². The van der Waals surface area contributed by atoms with Crippen LogP contribution in [0.15, 0.2) is 60.7 Å². The minimum Gasteiger partial charge on any atom is -0.489 e. The number of hydrogen-bond donors (Lipinski definition) is 0. The Hall–Kier alpha value is -2.02. The maximum atomic E-state index is 5.82. The van der Waals surface area contributed by atoms with Crippen LogP contribution >= 0.6 is 0 Å². The molecule has 0 fully saturated rings. The van der Waals surface area contributed by atoms with Gasteiger partial charge in [0.2, 0.25) is 0 Å². The van der Waals surface area contributed by atoms with Crippen LogP contribution in [0.2, 0.25) is 0 Å². The fraction of sp³-hybridized carbons (Fsp3) is 0.222. The molecule has 0 unspecified atom stereocenters. The molecular formula is C18H20O. The molecule has 0 aliphatic heterocycles. The number of aryl methyl sites for hydroxylation is 1. The maximum Gasteiger partial charge on any atom is 0.120 e. The van der Waals surface area contributed by atoms with Crippen molar-refractivity contribution in [3.05, 3.63) is 77.4 Å². The van der Waals surface area contributed by atoms with Gasteiger partial charge in [-0.15, -0.1) is 0 Å². The van der Waals surface area contributed by atoms with Gasteiger partial charge in [0.05, 0.1) is 0 Å². The van der Waals surface area contributed by atoms with Gasteiger partial charge in [-0.3, -0.25) is 0 Å². The Morgan fingerprint density at radius 3 is 2.47 bits per heavy atom. The van der Waals surface area contributed by atoms with E-state index in [4.69, 9.17) is 4.74 Å². The van der Waals surface area contributed by atoms with E-state index in [2.05, 4.69) is 49.9 Å². The van der Waals surface area contributed by atoms with Crippen molar-refractivity contribution in [2.75, 3.05) is 0 Å². The van der Waals surface area contributed by atoms with Gasteiger partial charge in [-0.1, -0.05) is 54.1 Å². The molecule has 0 aliphatic carbocycles. The Balaban J connectivity index is 1.99. The summed E-state index contributed by atoms with van der Waals surface area (Å²) in [6.07, 6.45) is 0.904. The van der Waals surface area contributed by atoms with Gasteiger partial charge >= 0.3 is 0 Å². The second-order valence-electron chi connectivity index (χ2n) is 5.06. The fourth-order valence-electron chi connectivity index (χ4n) is 1.94. The summed E-state index contributed by atoms with van der Waals surface area (Å²) in [5.41, 5.74) is 4.87. The molecule has 2 aromatic rings. The molecule has 0 aromatic heterocycles. The highest BCUT2D eigenvalue weighted by molar-refractivity contribution is 5.31. The predicted octanol–water partition coefficient (Wildman–Crippen LogP) is 4.69. The standard InChI is InChI=1S/C18H20O/c1-14(2)11-17-5-4-6-18(12-17)19-13-16-9-7-15(3)8-10-16/h4-10,12H,1,11,13H2,2-3H3. The van der Waals surface area contributed by atoms with Crippen molar-refractivity contribution in [1.29, 1.82) is 0 Å². The van der Waals surface area contributed by atoms with Crippen molar-refractivity contribution in [1.82, 2.24) is 0 Å². The predicted molar refractivity (Wildman–Crippen MR) is 80.5 cm³/mol. The highest BCUT2D eigenvalue weighted by Crippen LogP contribution is 2.17. The summed E-state index contributed by atoms with van der Waals surface area (Å²) in [7, 11) is 0. The zero-order valence-corrected chi connectivity index (χ0v) is 11.6. The van der Waals surface area contributed by atoms with Crippen molar-refractivity contribution in [3.8, 4) is 5.75 Å². The Morgan fingerprint density at radius 1 is 1.05 bits per heavy atom. The quantitative estimate of drug-likeness (QED) is 0.701. The summed E-state index contributed by atoms with van der Waals surface area (Å²) in [5.74, 6) is 0.916. The van der Waals surface area contributed by atoms with Gasteiger partial charge in [-0.05, 0) is 43.5 Å². The van der Waals surface area contributed by atoms with Crippen molar-refractivity contribution < 1.29 is 4.74 Å². The first-order valence-electron chi connectivity index (χ1n) is 6.55. The molecule has 0 radical (unpaired) electrons. The van der Waals surface area contributed by atoms with Crippen LogP contribution in [0.3, 0.4) is 0 Å². The third kappa shape index (κ3) is 4.29. The van der Waals surface area contributed by atoms with E-state index in [0.717, 1.165) is 17.7 Å².